The van der Waals surface area contributed by atoms with Crippen molar-refractivity contribution in [3.05, 3.63) is 11.1 Å². The van der Waals surface area contributed by atoms with Gasteiger partial charge in [-0.3, -0.25) is 4.79 Å². The topological polar surface area (TPSA) is 53.4 Å². The third-order valence-corrected chi connectivity index (χ3v) is 4.22. The van der Waals surface area contributed by atoms with Gasteiger partial charge in [-0.25, -0.2) is 4.98 Å². The predicted octanol–water partition coefficient (Wildman–Crippen LogP) is 2.40. The first-order valence-electron chi connectivity index (χ1n) is 6.02. The summed E-state index contributed by atoms with van der Waals surface area (Å²) in [6, 6.07) is 0. The Morgan fingerprint density at radius 2 is 2.41 bits per heavy atom. The minimum absolute atomic E-state index is 0.162. The van der Waals surface area contributed by atoms with Crippen molar-refractivity contribution in [1.29, 1.82) is 0 Å². The monoisotopic (exact) mass is 254 g/mol. The lowest BCUT2D eigenvalue weighted by molar-refractivity contribution is -0.136. The summed E-state index contributed by atoms with van der Waals surface area (Å²) < 4.78 is 0. The van der Waals surface area contributed by atoms with Crippen LogP contribution in [-0.2, 0) is 11.2 Å². The van der Waals surface area contributed by atoms with Crippen LogP contribution in [-0.4, -0.2) is 29.7 Å². The largest absolute Gasteiger partial charge is 0.481 e. The number of thiazole rings is 1. The minimum Gasteiger partial charge on any atom is -0.481 e. The van der Waals surface area contributed by atoms with Crippen LogP contribution in [0.25, 0.3) is 0 Å². The standard InChI is InChI=1S/C12H18N2O2S/c1-14(7-9-3-2-4-9)12-13-10(8-17-12)5-6-11(15)16/h8-9H,2-7H2,1H3,(H,15,16). The van der Waals surface area contributed by atoms with Crippen molar-refractivity contribution in [2.24, 2.45) is 5.92 Å². The van der Waals surface area contributed by atoms with Crippen molar-refractivity contribution in [3.8, 4) is 0 Å². The summed E-state index contributed by atoms with van der Waals surface area (Å²) in [5.74, 6) is 0.0637. The first-order valence-corrected chi connectivity index (χ1v) is 6.90. The fraction of sp³-hybridized carbons (Fsp3) is 0.667. The molecule has 0 atom stereocenters. The van der Waals surface area contributed by atoms with Gasteiger partial charge in [0.05, 0.1) is 12.1 Å². The zero-order chi connectivity index (χ0) is 12.3. The Kier molecular flexibility index (Phi) is 3.99. The number of rotatable bonds is 6. The molecular weight excluding hydrogens is 236 g/mol. The molecule has 1 fully saturated rings. The van der Waals surface area contributed by atoms with E-state index in [1.54, 1.807) is 11.3 Å². The predicted molar refractivity (Wildman–Crippen MR) is 68.7 cm³/mol. The van der Waals surface area contributed by atoms with Crippen molar-refractivity contribution < 1.29 is 9.90 Å². The highest BCUT2D eigenvalue weighted by molar-refractivity contribution is 7.13. The Hall–Kier alpha value is -1.10. The fourth-order valence-electron chi connectivity index (χ4n) is 1.96. The van der Waals surface area contributed by atoms with Crippen LogP contribution < -0.4 is 4.90 Å². The number of carboxylic acids is 1. The van der Waals surface area contributed by atoms with Gasteiger partial charge < -0.3 is 10.0 Å². The maximum atomic E-state index is 10.5. The van der Waals surface area contributed by atoms with E-state index in [9.17, 15) is 4.79 Å². The molecule has 1 aliphatic rings. The summed E-state index contributed by atoms with van der Waals surface area (Å²) >= 11 is 1.61. The van der Waals surface area contributed by atoms with Gasteiger partial charge in [0.2, 0.25) is 0 Å². The van der Waals surface area contributed by atoms with Crippen LogP contribution in [0.2, 0.25) is 0 Å². The summed E-state index contributed by atoms with van der Waals surface area (Å²) in [6.07, 6.45) is 4.72. The molecule has 4 nitrogen and oxygen atoms in total. The second-order valence-electron chi connectivity index (χ2n) is 4.69. The van der Waals surface area contributed by atoms with E-state index in [2.05, 4.69) is 16.9 Å². The third-order valence-electron chi connectivity index (χ3n) is 3.22. The van der Waals surface area contributed by atoms with Gasteiger partial charge in [-0.05, 0) is 18.8 Å². The third kappa shape index (κ3) is 3.43. The highest BCUT2D eigenvalue weighted by Crippen LogP contribution is 2.29. The maximum absolute atomic E-state index is 10.5. The lowest BCUT2D eigenvalue weighted by Crippen LogP contribution is -2.29. The number of aromatic nitrogens is 1. The molecule has 0 saturated heterocycles. The number of nitrogens with zero attached hydrogens (tertiary/aromatic N) is 2. The Morgan fingerprint density at radius 1 is 1.65 bits per heavy atom. The minimum atomic E-state index is -0.762. The molecule has 0 unspecified atom stereocenters. The highest BCUT2D eigenvalue weighted by atomic mass is 32.1. The molecule has 0 spiro atoms. The van der Waals surface area contributed by atoms with Gasteiger partial charge in [-0.1, -0.05) is 6.42 Å². The van der Waals surface area contributed by atoms with Crippen LogP contribution in [0.15, 0.2) is 5.38 Å². The molecule has 1 N–H and O–H groups in total. The number of carboxylic acid groups (broad SMARTS) is 1. The van der Waals surface area contributed by atoms with Gasteiger partial charge in [0, 0.05) is 25.4 Å². The van der Waals surface area contributed by atoms with E-state index in [1.807, 2.05) is 5.38 Å². The zero-order valence-electron chi connectivity index (χ0n) is 10.1. The van der Waals surface area contributed by atoms with E-state index in [0.717, 1.165) is 23.3 Å². The normalized spacial score (nSPS) is 15.6. The van der Waals surface area contributed by atoms with E-state index in [4.69, 9.17) is 5.11 Å². The van der Waals surface area contributed by atoms with E-state index in [-0.39, 0.29) is 6.42 Å². The van der Waals surface area contributed by atoms with Gasteiger partial charge in [-0.15, -0.1) is 11.3 Å². The second kappa shape index (κ2) is 5.49. The van der Waals surface area contributed by atoms with Gasteiger partial charge in [0.15, 0.2) is 5.13 Å². The fourth-order valence-corrected chi connectivity index (χ4v) is 2.80. The molecular formula is C12H18N2O2S. The van der Waals surface area contributed by atoms with E-state index >= 15 is 0 Å². The molecule has 0 radical (unpaired) electrons. The molecule has 0 amide bonds. The van der Waals surface area contributed by atoms with Crippen molar-refractivity contribution in [1.82, 2.24) is 4.98 Å². The highest BCUT2D eigenvalue weighted by Gasteiger charge is 2.20. The molecule has 0 aromatic carbocycles. The van der Waals surface area contributed by atoms with Crippen LogP contribution in [0.1, 0.15) is 31.4 Å². The number of carbonyl (C=O) groups is 1. The van der Waals surface area contributed by atoms with Crippen LogP contribution in [0.3, 0.4) is 0 Å². The van der Waals surface area contributed by atoms with Crippen LogP contribution in [0.4, 0.5) is 5.13 Å². The molecule has 2 rings (SSSR count). The molecule has 1 heterocycles. The summed E-state index contributed by atoms with van der Waals surface area (Å²) in [7, 11) is 2.07. The molecule has 1 aromatic rings. The zero-order valence-corrected chi connectivity index (χ0v) is 10.9. The Morgan fingerprint density at radius 3 is 3.00 bits per heavy atom. The molecule has 1 saturated carbocycles. The second-order valence-corrected chi connectivity index (χ2v) is 5.53. The molecule has 94 valence electrons. The SMILES string of the molecule is CN(CC1CCC1)c1nc(CCC(=O)O)cs1. The van der Waals surface area contributed by atoms with E-state index < -0.39 is 5.97 Å². The summed E-state index contributed by atoms with van der Waals surface area (Å²) in [4.78, 5) is 17.1. The molecule has 5 heteroatoms. The number of hydrogen-bond acceptors (Lipinski definition) is 4. The van der Waals surface area contributed by atoms with Crippen LogP contribution >= 0.6 is 11.3 Å². The van der Waals surface area contributed by atoms with E-state index in [1.165, 1.54) is 19.3 Å². The average Bonchev–Trinajstić information content (AvgIpc) is 2.69. The van der Waals surface area contributed by atoms with Gasteiger partial charge in [-0.2, -0.15) is 0 Å². The Labute approximate surface area is 105 Å². The van der Waals surface area contributed by atoms with Gasteiger partial charge in [0.25, 0.3) is 0 Å². The van der Waals surface area contributed by atoms with Crippen LogP contribution in [0, 0.1) is 5.92 Å². The van der Waals surface area contributed by atoms with Crippen molar-refractivity contribution in [3.63, 3.8) is 0 Å². The molecule has 17 heavy (non-hydrogen) atoms. The van der Waals surface area contributed by atoms with Crippen molar-refractivity contribution in [2.45, 2.75) is 32.1 Å². The van der Waals surface area contributed by atoms with Crippen LogP contribution in [0.5, 0.6) is 0 Å². The number of hydrogen-bond donors (Lipinski definition) is 1. The van der Waals surface area contributed by atoms with Gasteiger partial charge in [0.1, 0.15) is 0 Å². The maximum Gasteiger partial charge on any atom is 0.303 e. The molecule has 1 aliphatic carbocycles. The number of aryl methyl sites for hydroxylation is 1. The number of aliphatic carboxylic acids is 1. The van der Waals surface area contributed by atoms with Gasteiger partial charge >= 0.3 is 5.97 Å². The number of anilines is 1. The lowest BCUT2D eigenvalue weighted by Gasteiger charge is -2.29. The summed E-state index contributed by atoms with van der Waals surface area (Å²) in [6.45, 7) is 1.08. The average molecular weight is 254 g/mol. The summed E-state index contributed by atoms with van der Waals surface area (Å²) in [5, 5.41) is 11.6. The first kappa shape index (κ1) is 12.4. The van der Waals surface area contributed by atoms with Crippen molar-refractivity contribution >= 4 is 22.4 Å². The Bertz CT molecular complexity index is 388. The molecule has 0 bridgehead atoms. The lowest BCUT2D eigenvalue weighted by atomic mass is 9.85. The van der Waals surface area contributed by atoms with E-state index in [0.29, 0.717) is 6.42 Å². The molecule has 0 aliphatic heterocycles. The Balaban J connectivity index is 1.85. The quantitative estimate of drug-likeness (QED) is 0.847. The van der Waals surface area contributed by atoms with Crippen molar-refractivity contribution in [2.75, 3.05) is 18.5 Å². The first-order chi connectivity index (χ1) is 8.15. The molecule has 1 aromatic heterocycles. The smallest absolute Gasteiger partial charge is 0.303 e. The summed E-state index contributed by atoms with van der Waals surface area (Å²) in [5.41, 5.74) is 0.896.